The Morgan fingerprint density at radius 3 is 2.44 bits per heavy atom. The Balaban J connectivity index is 1.89. The molecule has 0 aliphatic heterocycles. The predicted octanol–water partition coefficient (Wildman–Crippen LogP) is 3.00. The van der Waals surface area contributed by atoms with Gasteiger partial charge in [0, 0.05) is 25.2 Å². The lowest BCUT2D eigenvalue weighted by atomic mass is 10.2. The standard InChI is InChI=1S/C20H21FN2O2/c1-15(22-19(24)13-12-16-8-4-3-5-9-16)20(25)23(2)14-17-10-6-7-11-18(17)21/h3-13,15H,14H2,1-2H3,(H,22,24)/b13-12+. The molecular formula is C20H21FN2O2. The highest BCUT2D eigenvalue weighted by atomic mass is 19.1. The summed E-state index contributed by atoms with van der Waals surface area (Å²) in [4.78, 5) is 25.7. The smallest absolute Gasteiger partial charge is 0.244 e. The minimum atomic E-state index is -0.704. The van der Waals surface area contributed by atoms with Gasteiger partial charge in [0.1, 0.15) is 11.9 Å². The second kappa shape index (κ2) is 8.78. The van der Waals surface area contributed by atoms with Gasteiger partial charge in [-0.1, -0.05) is 48.5 Å². The van der Waals surface area contributed by atoms with Crippen molar-refractivity contribution in [1.82, 2.24) is 10.2 Å². The molecule has 0 saturated heterocycles. The number of hydrogen-bond donors (Lipinski definition) is 1. The number of hydrogen-bond acceptors (Lipinski definition) is 2. The van der Waals surface area contributed by atoms with Crippen LogP contribution in [-0.4, -0.2) is 29.8 Å². The van der Waals surface area contributed by atoms with Crippen LogP contribution in [0.25, 0.3) is 6.08 Å². The van der Waals surface area contributed by atoms with Crippen LogP contribution in [0.2, 0.25) is 0 Å². The fourth-order valence-electron chi connectivity index (χ4n) is 2.35. The third-order valence-corrected chi connectivity index (χ3v) is 3.70. The van der Waals surface area contributed by atoms with Gasteiger partial charge in [0.15, 0.2) is 0 Å². The molecule has 1 atom stereocenters. The summed E-state index contributed by atoms with van der Waals surface area (Å²) >= 11 is 0. The minimum Gasteiger partial charge on any atom is -0.341 e. The van der Waals surface area contributed by atoms with Crippen molar-refractivity contribution in [2.45, 2.75) is 19.5 Å². The summed E-state index contributed by atoms with van der Waals surface area (Å²) in [5.41, 5.74) is 1.33. The highest BCUT2D eigenvalue weighted by Crippen LogP contribution is 2.09. The van der Waals surface area contributed by atoms with Gasteiger partial charge in [-0.3, -0.25) is 9.59 Å². The Morgan fingerprint density at radius 2 is 1.76 bits per heavy atom. The van der Waals surface area contributed by atoms with E-state index < -0.39 is 6.04 Å². The van der Waals surface area contributed by atoms with Gasteiger partial charge in [-0.25, -0.2) is 4.39 Å². The van der Waals surface area contributed by atoms with E-state index in [1.165, 1.54) is 17.0 Å². The van der Waals surface area contributed by atoms with Crippen LogP contribution in [-0.2, 0) is 16.1 Å². The van der Waals surface area contributed by atoms with Crippen LogP contribution in [0.3, 0.4) is 0 Å². The van der Waals surface area contributed by atoms with E-state index in [1.54, 1.807) is 38.2 Å². The molecule has 25 heavy (non-hydrogen) atoms. The van der Waals surface area contributed by atoms with Gasteiger partial charge in [0.2, 0.25) is 11.8 Å². The first-order valence-corrected chi connectivity index (χ1v) is 7.99. The highest BCUT2D eigenvalue weighted by molar-refractivity contribution is 5.95. The number of halogens is 1. The van der Waals surface area contributed by atoms with Crippen molar-refractivity contribution >= 4 is 17.9 Å². The highest BCUT2D eigenvalue weighted by Gasteiger charge is 2.19. The van der Waals surface area contributed by atoms with Crippen molar-refractivity contribution in [2.75, 3.05) is 7.05 Å². The van der Waals surface area contributed by atoms with Crippen LogP contribution in [0.1, 0.15) is 18.1 Å². The van der Waals surface area contributed by atoms with Crippen LogP contribution >= 0.6 is 0 Å². The van der Waals surface area contributed by atoms with Crippen molar-refractivity contribution in [3.63, 3.8) is 0 Å². The zero-order valence-corrected chi connectivity index (χ0v) is 14.3. The molecule has 1 unspecified atom stereocenters. The zero-order chi connectivity index (χ0) is 18.2. The Kier molecular flexibility index (Phi) is 6.46. The van der Waals surface area contributed by atoms with Gasteiger partial charge in [-0.2, -0.15) is 0 Å². The number of amides is 2. The van der Waals surface area contributed by atoms with Crippen molar-refractivity contribution in [3.8, 4) is 0 Å². The topological polar surface area (TPSA) is 49.4 Å². The number of nitrogens with one attached hydrogen (secondary N) is 1. The monoisotopic (exact) mass is 340 g/mol. The summed E-state index contributed by atoms with van der Waals surface area (Å²) in [6, 6.07) is 15.0. The maximum Gasteiger partial charge on any atom is 0.244 e. The van der Waals surface area contributed by atoms with Gasteiger partial charge in [-0.05, 0) is 24.6 Å². The molecule has 0 heterocycles. The SMILES string of the molecule is CC(NC(=O)/C=C/c1ccccc1)C(=O)N(C)Cc1ccccc1F. The summed E-state index contributed by atoms with van der Waals surface area (Å²) in [6.07, 6.45) is 3.06. The summed E-state index contributed by atoms with van der Waals surface area (Å²) < 4.78 is 13.7. The number of carbonyl (C=O) groups excluding carboxylic acids is 2. The van der Waals surface area contributed by atoms with E-state index in [1.807, 2.05) is 30.3 Å². The molecule has 4 nitrogen and oxygen atoms in total. The van der Waals surface area contributed by atoms with E-state index in [4.69, 9.17) is 0 Å². The van der Waals surface area contributed by atoms with Gasteiger partial charge < -0.3 is 10.2 Å². The van der Waals surface area contributed by atoms with E-state index in [0.717, 1.165) is 5.56 Å². The number of benzene rings is 2. The lowest BCUT2D eigenvalue weighted by Crippen LogP contribution is -2.44. The summed E-state index contributed by atoms with van der Waals surface area (Å²) in [5.74, 6) is -1.00. The second-order valence-electron chi connectivity index (χ2n) is 5.76. The molecule has 0 fully saturated rings. The van der Waals surface area contributed by atoms with Gasteiger partial charge in [-0.15, -0.1) is 0 Å². The molecule has 2 rings (SSSR count). The Hall–Kier alpha value is -2.95. The first kappa shape index (κ1) is 18.4. The third kappa shape index (κ3) is 5.57. The van der Waals surface area contributed by atoms with E-state index in [2.05, 4.69) is 5.32 Å². The van der Waals surface area contributed by atoms with Crippen molar-refractivity contribution < 1.29 is 14.0 Å². The van der Waals surface area contributed by atoms with Crippen LogP contribution < -0.4 is 5.32 Å². The van der Waals surface area contributed by atoms with E-state index in [-0.39, 0.29) is 24.2 Å². The summed E-state index contributed by atoms with van der Waals surface area (Å²) in [6.45, 7) is 1.75. The largest absolute Gasteiger partial charge is 0.341 e. The van der Waals surface area contributed by atoms with Crippen molar-refractivity contribution in [2.24, 2.45) is 0 Å². The van der Waals surface area contributed by atoms with Gasteiger partial charge in [0.25, 0.3) is 0 Å². The number of carbonyl (C=O) groups is 2. The predicted molar refractivity (Wildman–Crippen MR) is 96.0 cm³/mol. The first-order chi connectivity index (χ1) is 12.0. The quantitative estimate of drug-likeness (QED) is 0.822. The normalized spacial score (nSPS) is 12.0. The number of rotatable bonds is 6. The molecule has 2 aromatic carbocycles. The van der Waals surface area contributed by atoms with E-state index in [0.29, 0.717) is 5.56 Å². The summed E-state index contributed by atoms with van der Waals surface area (Å²) in [5, 5.41) is 2.62. The average Bonchev–Trinajstić information content (AvgIpc) is 2.62. The molecule has 0 spiro atoms. The molecule has 2 aromatic rings. The maximum atomic E-state index is 13.7. The Morgan fingerprint density at radius 1 is 1.12 bits per heavy atom. The van der Waals surface area contributed by atoms with Gasteiger partial charge >= 0.3 is 0 Å². The van der Waals surface area contributed by atoms with Crippen LogP contribution in [0.4, 0.5) is 4.39 Å². The minimum absolute atomic E-state index is 0.144. The average molecular weight is 340 g/mol. The van der Waals surface area contributed by atoms with Crippen LogP contribution in [0.15, 0.2) is 60.7 Å². The Bertz CT molecular complexity index is 759. The summed E-state index contributed by atoms with van der Waals surface area (Å²) in [7, 11) is 1.58. The number of likely N-dealkylation sites (N-methyl/N-ethyl adjacent to an activating group) is 1. The molecule has 0 bridgehead atoms. The molecule has 1 N–H and O–H groups in total. The lowest BCUT2D eigenvalue weighted by Gasteiger charge is -2.22. The first-order valence-electron chi connectivity index (χ1n) is 7.99. The Labute approximate surface area is 147 Å². The molecule has 5 heteroatoms. The molecule has 130 valence electrons. The molecule has 0 aromatic heterocycles. The maximum absolute atomic E-state index is 13.7. The van der Waals surface area contributed by atoms with E-state index >= 15 is 0 Å². The molecule has 0 aliphatic carbocycles. The molecule has 0 aliphatic rings. The lowest BCUT2D eigenvalue weighted by molar-refractivity contribution is -0.134. The second-order valence-corrected chi connectivity index (χ2v) is 5.76. The van der Waals surface area contributed by atoms with Crippen molar-refractivity contribution in [1.29, 1.82) is 0 Å². The fourth-order valence-corrected chi connectivity index (χ4v) is 2.35. The van der Waals surface area contributed by atoms with Gasteiger partial charge in [0.05, 0.1) is 0 Å². The van der Waals surface area contributed by atoms with E-state index in [9.17, 15) is 14.0 Å². The van der Waals surface area contributed by atoms with Crippen LogP contribution in [0, 0.1) is 5.82 Å². The molecule has 2 amide bonds. The zero-order valence-electron chi connectivity index (χ0n) is 14.3. The fraction of sp³-hybridized carbons (Fsp3) is 0.200. The number of nitrogens with zero attached hydrogens (tertiary/aromatic N) is 1. The molecule has 0 saturated carbocycles. The third-order valence-electron chi connectivity index (χ3n) is 3.70. The molecular weight excluding hydrogens is 319 g/mol. The molecule has 0 radical (unpaired) electrons. The van der Waals surface area contributed by atoms with Crippen LogP contribution in [0.5, 0.6) is 0 Å². The van der Waals surface area contributed by atoms with Crippen molar-refractivity contribution in [3.05, 3.63) is 77.6 Å².